The fourth-order valence-electron chi connectivity index (χ4n) is 4.73. The molecule has 5 aromatic rings. The second-order valence-electron chi connectivity index (χ2n) is 8.26. The van der Waals surface area contributed by atoms with Gasteiger partial charge < -0.3 is 4.42 Å². The Bertz CT molecular complexity index is 1370. The van der Waals surface area contributed by atoms with E-state index in [2.05, 4.69) is 103 Å². The summed E-state index contributed by atoms with van der Waals surface area (Å²) in [5, 5.41) is 0. The van der Waals surface area contributed by atoms with Crippen LogP contribution in [0.1, 0.15) is 17.5 Å². The molecule has 0 bridgehead atoms. The van der Waals surface area contributed by atoms with Crippen LogP contribution in [-0.2, 0) is 6.42 Å². The number of fused-ring (bicyclic) bond motifs is 1. The Morgan fingerprint density at radius 2 is 1.42 bits per heavy atom. The molecule has 1 aliphatic carbocycles. The number of furan rings is 1. The van der Waals surface area contributed by atoms with Crippen LogP contribution in [-0.4, -0.2) is 0 Å². The zero-order valence-electron chi connectivity index (χ0n) is 18.2. The second kappa shape index (κ2) is 8.34. The van der Waals surface area contributed by atoms with Crippen molar-refractivity contribution in [1.29, 1.82) is 0 Å². The van der Waals surface area contributed by atoms with Crippen LogP contribution in [0.25, 0.3) is 51.0 Å². The summed E-state index contributed by atoms with van der Waals surface area (Å²) in [7, 11) is 0. The molecule has 4 aromatic carbocycles. The number of hydrogen-bond acceptors (Lipinski definition) is 1. The highest BCUT2D eigenvalue weighted by atomic mass is 16.3. The van der Waals surface area contributed by atoms with Gasteiger partial charge >= 0.3 is 0 Å². The highest BCUT2D eigenvalue weighted by Crippen LogP contribution is 2.46. The van der Waals surface area contributed by atoms with Crippen LogP contribution in [0.5, 0.6) is 0 Å². The molecule has 1 heterocycles. The van der Waals surface area contributed by atoms with Gasteiger partial charge in [-0.15, -0.1) is 0 Å². The number of rotatable bonds is 4. The van der Waals surface area contributed by atoms with Crippen molar-refractivity contribution in [2.45, 2.75) is 12.8 Å². The maximum atomic E-state index is 6.79. The second-order valence-corrected chi connectivity index (χ2v) is 8.26. The summed E-state index contributed by atoms with van der Waals surface area (Å²) < 4.78 is 6.79. The summed E-state index contributed by atoms with van der Waals surface area (Å²) in [6.45, 7) is 0. The van der Waals surface area contributed by atoms with Crippen molar-refractivity contribution in [2.24, 2.45) is 0 Å². The molecule has 1 nitrogen and oxygen atoms in total. The van der Waals surface area contributed by atoms with Gasteiger partial charge in [0, 0.05) is 33.4 Å². The zero-order valence-corrected chi connectivity index (χ0v) is 18.2. The minimum absolute atomic E-state index is 0.939. The van der Waals surface area contributed by atoms with Gasteiger partial charge in [0.05, 0.1) is 0 Å². The third kappa shape index (κ3) is 3.47. The van der Waals surface area contributed by atoms with Crippen molar-refractivity contribution < 1.29 is 4.42 Å². The standard InChI is InChI=1S/C32H22O/c1-4-13-23(14-5-1)26-21-12-22-27(24-15-6-2-7-16-24)30(26)32-29-20-11-10-19-28(29)31(33-32)25-17-8-3-9-18-25/h1-6,8-10,12-15,17-19,21-22H,11,20H2. The molecule has 0 fully saturated rings. The third-order valence-corrected chi connectivity index (χ3v) is 6.25. The molecule has 0 amide bonds. The summed E-state index contributed by atoms with van der Waals surface area (Å²) >= 11 is 0. The minimum Gasteiger partial charge on any atom is -0.455 e. The summed E-state index contributed by atoms with van der Waals surface area (Å²) in [6.07, 6.45) is 6.45. The molecule has 1 aromatic heterocycles. The molecule has 0 N–H and O–H groups in total. The van der Waals surface area contributed by atoms with Crippen LogP contribution < -0.4 is 0 Å². The van der Waals surface area contributed by atoms with E-state index in [0.717, 1.165) is 52.2 Å². The molecule has 33 heavy (non-hydrogen) atoms. The van der Waals surface area contributed by atoms with E-state index in [0.29, 0.717) is 0 Å². The first kappa shape index (κ1) is 19.4. The van der Waals surface area contributed by atoms with E-state index in [4.69, 9.17) is 4.42 Å². The highest BCUT2D eigenvalue weighted by Gasteiger charge is 2.26. The molecule has 156 valence electrons. The van der Waals surface area contributed by atoms with Crippen LogP contribution in [0.2, 0.25) is 0 Å². The molecule has 0 radical (unpaired) electrons. The third-order valence-electron chi connectivity index (χ3n) is 6.25. The highest BCUT2D eigenvalue weighted by molar-refractivity contribution is 5.95. The maximum Gasteiger partial charge on any atom is 0.142 e. The van der Waals surface area contributed by atoms with E-state index in [1.54, 1.807) is 0 Å². The molecule has 0 saturated carbocycles. The van der Waals surface area contributed by atoms with Crippen molar-refractivity contribution in [3.05, 3.63) is 126 Å². The number of allylic oxidation sites excluding steroid dienone is 1. The van der Waals surface area contributed by atoms with Crippen LogP contribution in [0.4, 0.5) is 0 Å². The Morgan fingerprint density at radius 3 is 2.18 bits per heavy atom. The molecule has 0 aliphatic heterocycles. The van der Waals surface area contributed by atoms with Crippen LogP contribution >= 0.6 is 0 Å². The minimum atomic E-state index is 0.939. The Hall–Kier alpha value is -4.28. The molecule has 6 rings (SSSR count). The quantitative estimate of drug-likeness (QED) is 0.283. The first-order chi connectivity index (χ1) is 16.4. The van der Waals surface area contributed by atoms with Crippen molar-refractivity contribution in [1.82, 2.24) is 0 Å². The molecule has 1 aliphatic rings. The van der Waals surface area contributed by atoms with Crippen molar-refractivity contribution >= 4 is 6.08 Å². The van der Waals surface area contributed by atoms with Crippen molar-refractivity contribution in [3.63, 3.8) is 0 Å². The van der Waals surface area contributed by atoms with Gasteiger partial charge in [0.15, 0.2) is 0 Å². The summed E-state index contributed by atoms with van der Waals surface area (Å²) in [5.41, 5.74) is 9.16. The molecule has 1 heteroatoms. The van der Waals surface area contributed by atoms with E-state index in [1.807, 2.05) is 18.2 Å². The van der Waals surface area contributed by atoms with Gasteiger partial charge in [-0.25, -0.2) is 0 Å². The van der Waals surface area contributed by atoms with Gasteiger partial charge in [-0.1, -0.05) is 109 Å². The molecule has 0 unspecified atom stereocenters. The van der Waals surface area contributed by atoms with E-state index in [9.17, 15) is 0 Å². The van der Waals surface area contributed by atoms with Crippen LogP contribution in [0.15, 0.2) is 108 Å². The number of benzene rings is 3. The number of hydrogen-bond donors (Lipinski definition) is 0. The van der Waals surface area contributed by atoms with Gasteiger partial charge in [-0.05, 0) is 36.1 Å². The van der Waals surface area contributed by atoms with Gasteiger partial charge in [0.25, 0.3) is 0 Å². The molecule has 0 spiro atoms. The first-order valence-corrected chi connectivity index (χ1v) is 11.4. The van der Waals surface area contributed by atoms with E-state index in [1.165, 1.54) is 16.7 Å². The predicted octanol–water partition coefficient (Wildman–Crippen LogP) is 8.51. The van der Waals surface area contributed by atoms with Gasteiger partial charge in [0.1, 0.15) is 11.5 Å². The topological polar surface area (TPSA) is 13.1 Å². The summed E-state index contributed by atoms with van der Waals surface area (Å²) in [4.78, 5) is 0. The normalized spacial score (nSPS) is 12.2. The van der Waals surface area contributed by atoms with Crippen molar-refractivity contribution in [2.75, 3.05) is 0 Å². The lowest BCUT2D eigenvalue weighted by Crippen LogP contribution is -1.96. The fraction of sp³-hybridized carbons (Fsp3) is 0.0625. The largest absolute Gasteiger partial charge is 0.455 e. The lowest BCUT2D eigenvalue weighted by Gasteiger charge is -2.15. The SMILES string of the molecule is c1cccc(-c2cccc(-c3ccccc3)c2-c2oc(-c3ccccc3)c3c2CCC=C3)c#1. The van der Waals surface area contributed by atoms with Crippen molar-refractivity contribution in [3.8, 4) is 44.9 Å². The smallest absolute Gasteiger partial charge is 0.142 e. The molecule has 0 saturated heterocycles. The summed E-state index contributed by atoms with van der Waals surface area (Å²) in [6, 6.07) is 39.9. The Balaban J connectivity index is 1.68. The lowest BCUT2D eigenvalue weighted by atomic mass is 9.87. The molecule has 0 atom stereocenters. The van der Waals surface area contributed by atoms with E-state index in [-0.39, 0.29) is 0 Å². The monoisotopic (exact) mass is 422 g/mol. The Kier molecular flexibility index (Phi) is 4.90. The lowest BCUT2D eigenvalue weighted by molar-refractivity contribution is 0.594. The average Bonchev–Trinajstić information content (AvgIpc) is 3.29. The van der Waals surface area contributed by atoms with Gasteiger partial charge in [0.2, 0.25) is 0 Å². The Labute approximate surface area is 194 Å². The van der Waals surface area contributed by atoms with Crippen LogP contribution in [0.3, 0.4) is 0 Å². The fourth-order valence-corrected chi connectivity index (χ4v) is 4.73. The van der Waals surface area contributed by atoms with Gasteiger partial charge in [-0.3, -0.25) is 0 Å². The maximum absolute atomic E-state index is 6.79. The summed E-state index contributed by atoms with van der Waals surface area (Å²) in [5.74, 6) is 1.90. The van der Waals surface area contributed by atoms with E-state index >= 15 is 0 Å². The molecular formula is C32H22O. The molecular weight excluding hydrogens is 400 g/mol. The van der Waals surface area contributed by atoms with Gasteiger partial charge in [-0.2, -0.15) is 0 Å². The predicted molar refractivity (Wildman–Crippen MR) is 135 cm³/mol. The zero-order chi connectivity index (χ0) is 22.0. The van der Waals surface area contributed by atoms with E-state index < -0.39 is 0 Å². The first-order valence-electron chi connectivity index (χ1n) is 11.4. The Morgan fingerprint density at radius 1 is 0.667 bits per heavy atom. The average molecular weight is 423 g/mol. The van der Waals surface area contributed by atoms with Crippen LogP contribution in [0, 0.1) is 12.1 Å².